The van der Waals surface area contributed by atoms with Crippen LogP contribution in [0.3, 0.4) is 0 Å². The van der Waals surface area contributed by atoms with Gasteiger partial charge in [-0.2, -0.15) is 0 Å². The number of rotatable bonds is 3. The predicted octanol–water partition coefficient (Wildman–Crippen LogP) is 1.31. The second-order valence-corrected chi connectivity index (χ2v) is 4.73. The highest BCUT2D eigenvalue weighted by Crippen LogP contribution is 2.41. The third-order valence-corrected chi connectivity index (χ3v) is 2.62. The summed E-state index contributed by atoms with van der Waals surface area (Å²) in [4.78, 5) is 14.5. The highest BCUT2D eigenvalue weighted by molar-refractivity contribution is 7.65. The van der Waals surface area contributed by atoms with Crippen molar-refractivity contribution >= 4 is 18.8 Å². The molecule has 1 heterocycles. The van der Waals surface area contributed by atoms with Gasteiger partial charge in [-0.25, -0.2) is 4.79 Å². The molecule has 0 N–H and O–H groups in total. The largest absolute Gasteiger partial charge is 0.459 e. The fourth-order valence-corrected chi connectivity index (χ4v) is 1.59. The monoisotopic (exact) mass is 204 g/mol. The van der Waals surface area contributed by atoms with Gasteiger partial charge in [0.15, 0.2) is 5.50 Å². The minimum Gasteiger partial charge on any atom is -0.459 e. The Kier molecular flexibility index (Phi) is 2.90. The van der Waals surface area contributed by atoms with Crippen LogP contribution in [0.4, 0.5) is 0 Å². The molecule has 0 spiro atoms. The maximum absolute atomic E-state index is 11.6. The topological polar surface area (TPSA) is 65.7 Å². The van der Waals surface area contributed by atoms with Gasteiger partial charge in [-0.05, 0) is 12.1 Å². The lowest BCUT2D eigenvalue weighted by Crippen LogP contribution is -2.06. The van der Waals surface area contributed by atoms with E-state index in [4.69, 9.17) is 4.42 Å². The molecule has 72 valence electrons. The molecule has 1 unspecified atom stereocenters. The van der Waals surface area contributed by atoms with Gasteiger partial charge in [0.25, 0.3) is 0 Å². The van der Waals surface area contributed by atoms with E-state index in [0.717, 1.165) is 6.92 Å². The van der Waals surface area contributed by atoms with Crippen LogP contribution in [0.5, 0.6) is 0 Å². The summed E-state index contributed by atoms with van der Waals surface area (Å²) >= 11 is 0. The Balaban J connectivity index is 2.67. The van der Waals surface area contributed by atoms with E-state index in [0.29, 0.717) is 0 Å². The summed E-state index contributed by atoms with van der Waals surface area (Å²) in [6.45, 7) is 2.46. The van der Waals surface area contributed by atoms with Gasteiger partial charge >= 0.3 is 13.3 Å². The highest BCUT2D eigenvalue weighted by Gasteiger charge is 2.25. The van der Waals surface area contributed by atoms with Gasteiger partial charge in [0.05, 0.1) is 6.26 Å². The number of carbonyl (C=O) groups excluding carboxylic acids is 1. The Labute approximate surface area is 75.0 Å². The molecule has 0 aliphatic carbocycles. The van der Waals surface area contributed by atoms with Crippen LogP contribution in [0.2, 0.25) is 0 Å². The van der Waals surface area contributed by atoms with Gasteiger partial charge in [0.2, 0.25) is 0 Å². The third-order valence-electron chi connectivity index (χ3n) is 1.20. The quantitative estimate of drug-likeness (QED) is 0.422. The maximum atomic E-state index is 11.6. The SMILES string of the molecule is CC(=O)OOP(C)(=O)c1ccco1. The summed E-state index contributed by atoms with van der Waals surface area (Å²) in [6.07, 6.45) is 1.36. The van der Waals surface area contributed by atoms with E-state index < -0.39 is 13.3 Å². The highest BCUT2D eigenvalue weighted by atomic mass is 31.2. The second kappa shape index (κ2) is 3.77. The van der Waals surface area contributed by atoms with Crippen molar-refractivity contribution in [3.05, 3.63) is 18.4 Å². The van der Waals surface area contributed by atoms with Gasteiger partial charge in [-0.3, -0.25) is 9.45 Å². The molecular formula is C7H9O5P. The van der Waals surface area contributed by atoms with Crippen LogP contribution in [0.1, 0.15) is 6.92 Å². The molecule has 1 aromatic rings. The maximum Gasteiger partial charge on any atom is 0.339 e. The zero-order chi connectivity index (χ0) is 9.90. The Bertz CT molecular complexity index is 329. The first-order valence-electron chi connectivity index (χ1n) is 3.51. The fraction of sp³-hybridized carbons (Fsp3) is 0.286. The molecule has 0 aromatic carbocycles. The van der Waals surface area contributed by atoms with Crippen LogP contribution in [-0.4, -0.2) is 12.6 Å². The number of hydrogen-bond acceptors (Lipinski definition) is 5. The molecule has 0 saturated carbocycles. The summed E-state index contributed by atoms with van der Waals surface area (Å²) in [5.74, 6) is -0.659. The van der Waals surface area contributed by atoms with E-state index in [9.17, 15) is 9.36 Å². The van der Waals surface area contributed by atoms with E-state index in [2.05, 4.69) is 9.56 Å². The lowest BCUT2D eigenvalue weighted by molar-refractivity contribution is -0.209. The average molecular weight is 204 g/mol. The zero-order valence-corrected chi connectivity index (χ0v) is 8.11. The Morgan fingerprint density at radius 2 is 2.31 bits per heavy atom. The molecule has 0 amide bonds. The van der Waals surface area contributed by atoms with E-state index in [-0.39, 0.29) is 5.50 Å². The summed E-state index contributed by atoms with van der Waals surface area (Å²) in [5, 5.41) is 0. The molecule has 5 nitrogen and oxygen atoms in total. The van der Waals surface area contributed by atoms with Crippen molar-refractivity contribution in [2.45, 2.75) is 6.92 Å². The standard InChI is InChI=1S/C7H9O5P/c1-6(8)11-12-13(2,9)7-4-3-5-10-7/h3-5H,1-2H3. The number of furan rings is 1. The van der Waals surface area contributed by atoms with Gasteiger partial charge < -0.3 is 4.42 Å². The third kappa shape index (κ3) is 2.72. The summed E-state index contributed by atoms with van der Waals surface area (Å²) in [7, 11) is -3.16. The average Bonchev–Trinajstić information content (AvgIpc) is 2.53. The summed E-state index contributed by atoms with van der Waals surface area (Å²) < 4.78 is 20.9. The normalized spacial score (nSPS) is 14.9. The second-order valence-electron chi connectivity index (χ2n) is 2.45. The van der Waals surface area contributed by atoms with Crippen molar-refractivity contribution in [2.75, 3.05) is 6.66 Å². The molecule has 0 radical (unpaired) electrons. The number of hydrogen-bond donors (Lipinski definition) is 0. The van der Waals surface area contributed by atoms with Crippen molar-refractivity contribution < 1.29 is 23.3 Å². The smallest absolute Gasteiger partial charge is 0.339 e. The molecule has 0 aliphatic rings. The van der Waals surface area contributed by atoms with Gasteiger partial charge in [0.1, 0.15) is 0 Å². The zero-order valence-electron chi connectivity index (χ0n) is 7.22. The van der Waals surface area contributed by atoms with Crippen LogP contribution in [-0.2, 0) is 18.9 Å². The molecule has 1 aromatic heterocycles. The lowest BCUT2D eigenvalue weighted by Gasteiger charge is -2.07. The Morgan fingerprint density at radius 1 is 1.62 bits per heavy atom. The Morgan fingerprint density at radius 3 is 2.77 bits per heavy atom. The predicted molar refractivity (Wildman–Crippen MR) is 44.7 cm³/mol. The van der Waals surface area contributed by atoms with Crippen molar-refractivity contribution in [1.82, 2.24) is 0 Å². The van der Waals surface area contributed by atoms with Gasteiger partial charge in [-0.1, -0.05) is 0 Å². The lowest BCUT2D eigenvalue weighted by atomic mass is 10.7. The minimum absolute atomic E-state index is 0.161. The van der Waals surface area contributed by atoms with Crippen molar-refractivity contribution in [1.29, 1.82) is 0 Å². The molecular weight excluding hydrogens is 195 g/mol. The minimum atomic E-state index is -3.16. The van der Waals surface area contributed by atoms with Crippen LogP contribution < -0.4 is 5.50 Å². The van der Waals surface area contributed by atoms with E-state index in [1.165, 1.54) is 19.0 Å². The van der Waals surface area contributed by atoms with Gasteiger partial charge in [-0.15, -0.1) is 4.67 Å². The first kappa shape index (κ1) is 10.0. The van der Waals surface area contributed by atoms with Crippen LogP contribution in [0, 0.1) is 0 Å². The van der Waals surface area contributed by atoms with Crippen LogP contribution >= 0.6 is 7.37 Å². The molecule has 1 atom stereocenters. The Hall–Kier alpha value is -1.06. The molecule has 0 bridgehead atoms. The molecule has 0 fully saturated rings. The van der Waals surface area contributed by atoms with Crippen LogP contribution in [0.25, 0.3) is 0 Å². The first-order chi connectivity index (χ1) is 6.02. The molecule has 0 saturated heterocycles. The molecule has 6 heteroatoms. The number of carbonyl (C=O) groups is 1. The first-order valence-corrected chi connectivity index (χ1v) is 5.58. The van der Waals surface area contributed by atoms with Crippen molar-refractivity contribution in [3.63, 3.8) is 0 Å². The summed E-state index contributed by atoms with van der Waals surface area (Å²) in [5.41, 5.74) is 0.161. The summed E-state index contributed by atoms with van der Waals surface area (Å²) in [6, 6.07) is 3.06. The van der Waals surface area contributed by atoms with Crippen LogP contribution in [0.15, 0.2) is 22.8 Å². The molecule has 13 heavy (non-hydrogen) atoms. The molecule has 1 rings (SSSR count). The van der Waals surface area contributed by atoms with Crippen molar-refractivity contribution in [2.24, 2.45) is 0 Å². The van der Waals surface area contributed by atoms with Crippen molar-refractivity contribution in [3.8, 4) is 0 Å². The fourth-order valence-electron chi connectivity index (χ4n) is 0.661. The van der Waals surface area contributed by atoms with E-state index in [1.807, 2.05) is 0 Å². The van der Waals surface area contributed by atoms with E-state index >= 15 is 0 Å². The molecule has 0 aliphatic heterocycles. The van der Waals surface area contributed by atoms with Gasteiger partial charge in [0, 0.05) is 13.6 Å². The van der Waals surface area contributed by atoms with E-state index in [1.54, 1.807) is 6.07 Å².